The SMILES string of the molecule is CCCc1[nH]n2c(=O)c(C(=O)O)c(C)nc2c1Cc1ccc(-c2ccccc2-c2nn[nH]n2)cc1. The van der Waals surface area contributed by atoms with Crippen molar-refractivity contribution in [1.29, 1.82) is 0 Å². The number of aromatic carboxylic acids is 1. The van der Waals surface area contributed by atoms with E-state index in [-0.39, 0.29) is 11.3 Å². The lowest BCUT2D eigenvalue weighted by Gasteiger charge is -2.09. The van der Waals surface area contributed by atoms with Gasteiger partial charge in [0.25, 0.3) is 5.56 Å². The normalized spacial score (nSPS) is 11.3. The first-order chi connectivity index (χ1) is 17.0. The molecule has 0 spiro atoms. The lowest BCUT2D eigenvalue weighted by atomic mass is 9.96. The second kappa shape index (κ2) is 8.98. The van der Waals surface area contributed by atoms with E-state index >= 15 is 0 Å². The van der Waals surface area contributed by atoms with Crippen molar-refractivity contribution >= 4 is 11.6 Å². The number of benzene rings is 2. The zero-order valence-electron chi connectivity index (χ0n) is 19.2. The topological polar surface area (TPSA) is 142 Å². The summed E-state index contributed by atoms with van der Waals surface area (Å²) < 4.78 is 1.26. The predicted molar refractivity (Wildman–Crippen MR) is 129 cm³/mol. The molecule has 0 saturated heterocycles. The van der Waals surface area contributed by atoms with Gasteiger partial charge in [0.1, 0.15) is 5.56 Å². The van der Waals surface area contributed by atoms with E-state index in [1.807, 2.05) is 48.5 Å². The summed E-state index contributed by atoms with van der Waals surface area (Å²) in [5.41, 5.74) is 5.45. The molecule has 0 atom stereocenters. The highest BCUT2D eigenvalue weighted by atomic mass is 16.4. The summed E-state index contributed by atoms with van der Waals surface area (Å²) in [6, 6.07) is 16.0. The summed E-state index contributed by atoms with van der Waals surface area (Å²) >= 11 is 0. The van der Waals surface area contributed by atoms with Gasteiger partial charge >= 0.3 is 5.97 Å². The number of carboxylic acid groups (broad SMARTS) is 1. The van der Waals surface area contributed by atoms with Gasteiger partial charge in [-0.15, -0.1) is 10.2 Å². The van der Waals surface area contributed by atoms with Crippen LogP contribution < -0.4 is 5.56 Å². The molecule has 176 valence electrons. The number of aryl methyl sites for hydroxylation is 2. The minimum atomic E-state index is -1.28. The number of nitrogens with zero attached hydrogens (tertiary/aromatic N) is 5. The van der Waals surface area contributed by atoms with Crippen LogP contribution >= 0.6 is 0 Å². The van der Waals surface area contributed by atoms with E-state index < -0.39 is 11.5 Å². The minimum Gasteiger partial charge on any atom is -0.477 e. The Hall–Kier alpha value is -4.60. The lowest BCUT2D eigenvalue weighted by molar-refractivity contribution is 0.0693. The molecule has 0 fully saturated rings. The summed E-state index contributed by atoms with van der Waals surface area (Å²) in [5.74, 6) is -0.750. The molecule has 0 saturated carbocycles. The quantitative estimate of drug-likeness (QED) is 0.331. The number of fused-ring (bicyclic) bond motifs is 1. The van der Waals surface area contributed by atoms with Gasteiger partial charge in [0.05, 0.1) is 5.69 Å². The second-order valence-corrected chi connectivity index (χ2v) is 8.32. The monoisotopic (exact) mass is 469 g/mol. The number of carbonyl (C=O) groups is 1. The van der Waals surface area contributed by atoms with Crippen molar-refractivity contribution in [3.8, 4) is 22.5 Å². The zero-order valence-corrected chi connectivity index (χ0v) is 19.2. The van der Waals surface area contributed by atoms with Gasteiger partial charge in [0.15, 0.2) is 5.65 Å². The van der Waals surface area contributed by atoms with Crippen molar-refractivity contribution in [3.05, 3.63) is 87.0 Å². The number of hydrogen-bond acceptors (Lipinski definition) is 6. The van der Waals surface area contributed by atoms with Crippen molar-refractivity contribution in [1.82, 2.24) is 35.2 Å². The Morgan fingerprint density at radius 3 is 2.49 bits per heavy atom. The molecule has 0 aliphatic heterocycles. The van der Waals surface area contributed by atoms with E-state index in [1.165, 1.54) is 4.52 Å². The van der Waals surface area contributed by atoms with Gasteiger partial charge in [0.2, 0.25) is 5.82 Å². The van der Waals surface area contributed by atoms with Crippen LogP contribution in [-0.2, 0) is 12.8 Å². The average molecular weight is 470 g/mol. The summed E-state index contributed by atoms with van der Waals surface area (Å²) in [7, 11) is 0. The third-order valence-corrected chi connectivity index (χ3v) is 6.02. The zero-order chi connectivity index (χ0) is 24.5. The Balaban J connectivity index is 1.54. The minimum absolute atomic E-state index is 0.208. The maximum absolute atomic E-state index is 12.8. The lowest BCUT2D eigenvalue weighted by Crippen LogP contribution is -2.25. The van der Waals surface area contributed by atoms with Crippen molar-refractivity contribution in [3.63, 3.8) is 0 Å². The highest BCUT2D eigenvalue weighted by molar-refractivity contribution is 5.88. The van der Waals surface area contributed by atoms with Crippen LogP contribution in [0.1, 0.15) is 46.2 Å². The molecule has 3 heterocycles. The summed E-state index contributed by atoms with van der Waals surface area (Å²) in [6.45, 7) is 3.60. The Labute approximate surface area is 199 Å². The van der Waals surface area contributed by atoms with Crippen molar-refractivity contribution in [2.75, 3.05) is 0 Å². The van der Waals surface area contributed by atoms with Gasteiger partial charge < -0.3 is 5.11 Å². The maximum Gasteiger partial charge on any atom is 0.343 e. The smallest absolute Gasteiger partial charge is 0.343 e. The number of tetrazole rings is 1. The Morgan fingerprint density at radius 1 is 1.09 bits per heavy atom. The first-order valence-corrected chi connectivity index (χ1v) is 11.3. The van der Waals surface area contributed by atoms with Crippen molar-refractivity contribution < 1.29 is 9.90 Å². The van der Waals surface area contributed by atoms with Crippen LogP contribution in [0.2, 0.25) is 0 Å². The molecule has 3 N–H and O–H groups in total. The molecule has 0 amide bonds. The largest absolute Gasteiger partial charge is 0.477 e. The number of H-pyrrole nitrogens is 2. The van der Waals surface area contributed by atoms with Crippen molar-refractivity contribution in [2.24, 2.45) is 0 Å². The first-order valence-electron chi connectivity index (χ1n) is 11.3. The van der Waals surface area contributed by atoms with Crippen LogP contribution in [-0.4, -0.2) is 46.3 Å². The molecule has 3 aromatic heterocycles. The Bertz CT molecular complexity index is 1580. The summed E-state index contributed by atoms with van der Waals surface area (Å²) in [5, 5.41) is 26.9. The molecule has 0 unspecified atom stereocenters. The van der Waals surface area contributed by atoms with E-state index in [2.05, 4.69) is 37.6 Å². The Kier molecular flexibility index (Phi) is 5.69. The molecule has 0 bridgehead atoms. The van der Waals surface area contributed by atoms with E-state index in [0.29, 0.717) is 17.9 Å². The van der Waals surface area contributed by atoms with Crippen LogP contribution in [0, 0.1) is 6.92 Å². The molecule has 10 nitrogen and oxygen atoms in total. The van der Waals surface area contributed by atoms with Crippen molar-refractivity contribution in [2.45, 2.75) is 33.1 Å². The number of rotatable bonds is 7. The van der Waals surface area contributed by atoms with Gasteiger partial charge in [-0.05, 0) is 35.2 Å². The molecular weight excluding hydrogens is 446 g/mol. The van der Waals surface area contributed by atoms with Gasteiger partial charge in [-0.2, -0.15) is 5.21 Å². The fourth-order valence-electron chi connectivity index (χ4n) is 4.37. The average Bonchev–Trinajstić information content (AvgIpc) is 3.49. The third-order valence-electron chi connectivity index (χ3n) is 6.02. The number of aromatic amines is 2. The number of hydrogen-bond donors (Lipinski definition) is 3. The fraction of sp³-hybridized carbons (Fsp3) is 0.200. The van der Waals surface area contributed by atoms with Gasteiger partial charge in [-0.25, -0.2) is 14.3 Å². The van der Waals surface area contributed by atoms with E-state index in [1.54, 1.807) is 6.92 Å². The molecule has 10 heteroatoms. The van der Waals surface area contributed by atoms with E-state index in [9.17, 15) is 14.7 Å². The highest BCUT2D eigenvalue weighted by Crippen LogP contribution is 2.30. The van der Waals surface area contributed by atoms with E-state index in [0.717, 1.165) is 46.4 Å². The van der Waals surface area contributed by atoms with Gasteiger partial charge in [-0.1, -0.05) is 61.9 Å². The molecule has 0 aliphatic rings. The first kappa shape index (κ1) is 22.2. The summed E-state index contributed by atoms with van der Waals surface area (Å²) in [6.07, 6.45) is 2.13. The third kappa shape index (κ3) is 3.99. The maximum atomic E-state index is 12.8. The summed E-state index contributed by atoms with van der Waals surface area (Å²) in [4.78, 5) is 28.9. The van der Waals surface area contributed by atoms with E-state index in [4.69, 9.17) is 0 Å². The highest BCUT2D eigenvalue weighted by Gasteiger charge is 2.21. The van der Waals surface area contributed by atoms with Crippen LogP contribution in [0.5, 0.6) is 0 Å². The standard InChI is InChI=1S/C25H23N7O3/c1-3-6-20-19(23-26-14(2)21(25(34)35)24(33)32(23)29-20)13-15-9-11-16(12-10-15)17-7-4-5-8-18(17)22-27-30-31-28-22/h4-5,7-12,29H,3,6,13H2,1-2H3,(H,34,35)(H,27,28,30,31). The van der Waals surface area contributed by atoms with Gasteiger partial charge in [0, 0.05) is 23.2 Å². The molecule has 5 rings (SSSR count). The molecule has 0 aliphatic carbocycles. The van der Waals surface area contributed by atoms with Crippen LogP contribution in [0.25, 0.3) is 28.2 Å². The molecule has 2 aromatic carbocycles. The molecule has 35 heavy (non-hydrogen) atoms. The Morgan fingerprint density at radius 2 is 1.83 bits per heavy atom. The number of aromatic nitrogens is 7. The van der Waals surface area contributed by atoms with Gasteiger partial charge in [-0.3, -0.25) is 9.89 Å². The van der Waals surface area contributed by atoms with Crippen LogP contribution in [0.3, 0.4) is 0 Å². The predicted octanol–water partition coefficient (Wildman–Crippen LogP) is 3.42. The fourth-order valence-corrected chi connectivity index (χ4v) is 4.37. The van der Waals surface area contributed by atoms with Crippen LogP contribution in [0.4, 0.5) is 0 Å². The second-order valence-electron chi connectivity index (χ2n) is 8.32. The molecule has 0 radical (unpaired) electrons. The number of carboxylic acids is 1. The van der Waals surface area contributed by atoms with Crippen LogP contribution in [0.15, 0.2) is 53.3 Å². The molecule has 5 aromatic rings. The number of nitrogens with one attached hydrogen (secondary N) is 2. The molecular formula is C25H23N7O3.